The van der Waals surface area contributed by atoms with Crippen LogP contribution in [0.3, 0.4) is 0 Å². The number of carbonyl (C=O) groups is 2. The summed E-state index contributed by atoms with van der Waals surface area (Å²) in [5, 5.41) is 10.9. The van der Waals surface area contributed by atoms with Crippen LogP contribution in [0.15, 0.2) is 12.2 Å². The summed E-state index contributed by atoms with van der Waals surface area (Å²) in [6, 6.07) is 0. The first kappa shape index (κ1) is 13.0. The normalized spacial score (nSPS) is 11.6. The maximum Gasteiger partial charge on any atom is 0.328 e. The number of carboxylic acid groups (broad SMARTS) is 1. The predicted octanol–water partition coefficient (Wildman–Crippen LogP) is 0.885. The minimum absolute atomic E-state index is 0.0350. The number of hydrogen-bond donors (Lipinski definition) is 2. The summed E-state index contributed by atoms with van der Waals surface area (Å²) in [6.07, 6.45) is 3.79. The van der Waals surface area contributed by atoms with E-state index in [0.717, 1.165) is 12.2 Å². The lowest BCUT2D eigenvalue weighted by atomic mass is 10.2. The van der Waals surface area contributed by atoms with E-state index in [0.29, 0.717) is 6.54 Å². The molecule has 0 rings (SSSR count). The highest BCUT2D eigenvalue weighted by Gasteiger charge is 2.15. The molecule has 0 atom stereocenters. The number of thioether (sulfide) groups is 1. The fourth-order valence-electron chi connectivity index (χ4n) is 0.578. The molecule has 1 amide bonds. The summed E-state index contributed by atoms with van der Waals surface area (Å²) in [4.78, 5) is 21.1. The minimum atomic E-state index is -1.12. The lowest BCUT2D eigenvalue weighted by molar-refractivity contribution is -0.131. The van der Waals surface area contributed by atoms with E-state index >= 15 is 0 Å². The van der Waals surface area contributed by atoms with Gasteiger partial charge in [0.2, 0.25) is 5.91 Å². The van der Waals surface area contributed by atoms with Crippen LogP contribution in [-0.4, -0.2) is 34.5 Å². The van der Waals surface area contributed by atoms with Crippen molar-refractivity contribution in [2.24, 2.45) is 0 Å². The van der Waals surface area contributed by atoms with E-state index in [1.165, 1.54) is 0 Å². The molecule has 0 saturated carbocycles. The van der Waals surface area contributed by atoms with Crippen LogP contribution in [-0.2, 0) is 9.59 Å². The molecule has 0 radical (unpaired) electrons. The second-order valence-electron chi connectivity index (χ2n) is 3.35. The van der Waals surface area contributed by atoms with Gasteiger partial charge in [-0.05, 0) is 20.1 Å². The number of hydrogen-bond acceptors (Lipinski definition) is 3. The zero-order valence-corrected chi connectivity index (χ0v) is 9.35. The van der Waals surface area contributed by atoms with E-state index in [9.17, 15) is 9.59 Å². The van der Waals surface area contributed by atoms with Gasteiger partial charge in [-0.3, -0.25) is 4.79 Å². The first-order valence-corrected chi connectivity index (χ1v) is 5.34. The third kappa shape index (κ3) is 6.54. The summed E-state index contributed by atoms with van der Waals surface area (Å²) in [7, 11) is 0. The highest BCUT2D eigenvalue weighted by atomic mass is 32.2. The molecule has 5 heteroatoms. The quantitative estimate of drug-likeness (QED) is 0.671. The molecule has 80 valence electrons. The molecule has 4 nitrogen and oxygen atoms in total. The predicted molar refractivity (Wildman–Crippen MR) is 57.4 cm³/mol. The second kappa shape index (κ2) is 5.70. The number of aliphatic carboxylic acids is 1. The van der Waals surface area contributed by atoms with Crippen LogP contribution in [0.25, 0.3) is 0 Å². The molecule has 0 spiro atoms. The molecule has 0 aliphatic carbocycles. The van der Waals surface area contributed by atoms with Gasteiger partial charge in [0.25, 0.3) is 0 Å². The van der Waals surface area contributed by atoms with Gasteiger partial charge in [0.1, 0.15) is 0 Å². The third-order valence-electron chi connectivity index (χ3n) is 1.62. The van der Waals surface area contributed by atoms with Crippen molar-refractivity contribution in [3.05, 3.63) is 12.2 Å². The first-order chi connectivity index (χ1) is 6.37. The summed E-state index contributed by atoms with van der Waals surface area (Å²) >= 11 is 1.64. The Morgan fingerprint density at radius 1 is 1.43 bits per heavy atom. The molecule has 0 heterocycles. The van der Waals surface area contributed by atoms with Gasteiger partial charge in [0, 0.05) is 23.4 Å². The Morgan fingerprint density at radius 2 is 2.00 bits per heavy atom. The number of carboxylic acids is 1. The zero-order valence-electron chi connectivity index (χ0n) is 8.53. The van der Waals surface area contributed by atoms with Crippen molar-refractivity contribution in [3.63, 3.8) is 0 Å². The third-order valence-corrected chi connectivity index (χ3v) is 2.87. The Balaban J connectivity index is 3.92. The van der Waals surface area contributed by atoms with E-state index in [1.54, 1.807) is 11.8 Å². The molecule has 0 aliphatic rings. The van der Waals surface area contributed by atoms with E-state index < -0.39 is 5.97 Å². The zero-order chi connectivity index (χ0) is 11.2. The average molecular weight is 217 g/mol. The Labute approximate surface area is 87.8 Å². The topological polar surface area (TPSA) is 66.4 Å². The lowest BCUT2D eigenvalue weighted by Crippen LogP contribution is -2.35. The van der Waals surface area contributed by atoms with Gasteiger partial charge in [0.15, 0.2) is 0 Å². The van der Waals surface area contributed by atoms with E-state index in [2.05, 4.69) is 5.32 Å². The van der Waals surface area contributed by atoms with Crippen LogP contribution >= 0.6 is 11.8 Å². The number of amides is 1. The van der Waals surface area contributed by atoms with Crippen LogP contribution in [0.4, 0.5) is 0 Å². The van der Waals surface area contributed by atoms with Gasteiger partial charge in [0.05, 0.1) is 0 Å². The Morgan fingerprint density at radius 3 is 2.43 bits per heavy atom. The molecule has 2 N–H and O–H groups in total. The highest BCUT2D eigenvalue weighted by molar-refractivity contribution is 7.99. The molecule has 0 unspecified atom stereocenters. The van der Waals surface area contributed by atoms with Crippen molar-refractivity contribution >= 4 is 23.6 Å². The maximum atomic E-state index is 11.0. The largest absolute Gasteiger partial charge is 0.478 e. The average Bonchev–Trinajstić information content (AvgIpc) is 2.11. The molecule has 0 saturated heterocycles. The summed E-state index contributed by atoms with van der Waals surface area (Å²) in [6.45, 7) is 4.51. The number of nitrogens with one attached hydrogen (secondary N) is 1. The van der Waals surface area contributed by atoms with Gasteiger partial charge in [-0.2, -0.15) is 11.8 Å². The van der Waals surface area contributed by atoms with Crippen LogP contribution in [0, 0.1) is 0 Å². The second-order valence-corrected chi connectivity index (χ2v) is 4.87. The number of carbonyl (C=O) groups excluding carboxylic acids is 1. The van der Waals surface area contributed by atoms with Gasteiger partial charge in [-0.25, -0.2) is 4.79 Å². The Hall–Kier alpha value is -0.970. The Kier molecular flexibility index (Phi) is 5.30. The molecular weight excluding hydrogens is 202 g/mol. The van der Waals surface area contributed by atoms with Crippen molar-refractivity contribution < 1.29 is 14.7 Å². The molecule has 0 aromatic heterocycles. The fraction of sp³-hybridized carbons (Fsp3) is 0.556. The molecule has 14 heavy (non-hydrogen) atoms. The summed E-state index contributed by atoms with van der Waals surface area (Å²) in [5.74, 6) is -1.50. The minimum Gasteiger partial charge on any atom is -0.478 e. The van der Waals surface area contributed by atoms with E-state index in [-0.39, 0.29) is 10.7 Å². The summed E-state index contributed by atoms with van der Waals surface area (Å²) in [5.41, 5.74) is 0. The lowest BCUT2D eigenvalue weighted by Gasteiger charge is -2.21. The molecular formula is C9H15NO3S. The van der Waals surface area contributed by atoms with Crippen molar-refractivity contribution in [2.75, 3.05) is 12.8 Å². The Bertz CT molecular complexity index is 248. The van der Waals surface area contributed by atoms with Crippen LogP contribution in [0.5, 0.6) is 0 Å². The maximum absolute atomic E-state index is 11.0. The smallest absolute Gasteiger partial charge is 0.328 e. The molecule has 0 aliphatic heterocycles. The van der Waals surface area contributed by atoms with Crippen molar-refractivity contribution in [2.45, 2.75) is 18.6 Å². The fourth-order valence-corrected chi connectivity index (χ4v) is 0.795. The highest BCUT2D eigenvalue weighted by Crippen LogP contribution is 2.19. The van der Waals surface area contributed by atoms with Gasteiger partial charge >= 0.3 is 5.97 Å². The van der Waals surface area contributed by atoms with Crippen LogP contribution < -0.4 is 5.32 Å². The van der Waals surface area contributed by atoms with Gasteiger partial charge in [-0.15, -0.1) is 0 Å². The van der Waals surface area contributed by atoms with Crippen molar-refractivity contribution in [3.8, 4) is 0 Å². The summed E-state index contributed by atoms with van der Waals surface area (Å²) < 4.78 is -0.0350. The molecule has 0 fully saturated rings. The van der Waals surface area contributed by atoms with Crippen LogP contribution in [0.2, 0.25) is 0 Å². The number of rotatable bonds is 5. The van der Waals surface area contributed by atoms with Gasteiger partial charge in [-0.1, -0.05) is 0 Å². The molecule has 0 aromatic carbocycles. The van der Waals surface area contributed by atoms with Crippen LogP contribution in [0.1, 0.15) is 13.8 Å². The van der Waals surface area contributed by atoms with Crippen molar-refractivity contribution in [1.29, 1.82) is 0 Å². The SMILES string of the molecule is CSC(C)(C)CNC(=O)/C=C/C(=O)O. The monoisotopic (exact) mass is 217 g/mol. The standard InChI is InChI=1S/C9H15NO3S/c1-9(2,14-3)6-10-7(11)4-5-8(12)13/h4-5H,6H2,1-3H3,(H,10,11)(H,12,13)/b5-4+. The first-order valence-electron chi connectivity index (χ1n) is 4.11. The van der Waals surface area contributed by atoms with Crippen molar-refractivity contribution in [1.82, 2.24) is 5.32 Å². The van der Waals surface area contributed by atoms with Gasteiger partial charge < -0.3 is 10.4 Å². The molecule has 0 bridgehead atoms. The van der Waals surface area contributed by atoms with E-state index in [1.807, 2.05) is 20.1 Å². The molecule has 0 aromatic rings. The van der Waals surface area contributed by atoms with E-state index in [4.69, 9.17) is 5.11 Å².